The topological polar surface area (TPSA) is 98.3 Å². The maximum Gasteiger partial charge on any atom is 0.407 e. The van der Waals surface area contributed by atoms with Crippen LogP contribution < -0.4 is 5.32 Å². The van der Waals surface area contributed by atoms with Crippen molar-refractivity contribution in [3.8, 4) is 11.3 Å². The first-order chi connectivity index (χ1) is 16.0. The minimum absolute atomic E-state index is 0.00465. The Morgan fingerprint density at radius 1 is 1.06 bits per heavy atom. The molecule has 0 spiro atoms. The molecule has 1 atom stereocenters. The van der Waals surface area contributed by atoms with Crippen molar-refractivity contribution in [3.63, 3.8) is 0 Å². The first kappa shape index (κ1) is 22.6. The Balaban J connectivity index is 1.47. The van der Waals surface area contributed by atoms with Gasteiger partial charge in [0.2, 0.25) is 5.91 Å². The molecule has 1 unspecified atom stereocenters. The Morgan fingerprint density at radius 2 is 1.70 bits per heavy atom. The third-order valence-electron chi connectivity index (χ3n) is 6.53. The molecule has 1 aliphatic rings. The molecule has 172 valence electrons. The summed E-state index contributed by atoms with van der Waals surface area (Å²) in [6.07, 6.45) is 4.27. The van der Waals surface area contributed by atoms with Gasteiger partial charge < -0.3 is 20.3 Å². The number of amides is 2. The first-order valence-electron chi connectivity index (χ1n) is 11.4. The van der Waals surface area contributed by atoms with Crippen molar-refractivity contribution in [2.75, 3.05) is 7.05 Å². The van der Waals surface area contributed by atoms with E-state index in [-0.39, 0.29) is 23.9 Å². The minimum atomic E-state index is -0.919. The van der Waals surface area contributed by atoms with Gasteiger partial charge in [0, 0.05) is 19.0 Å². The van der Waals surface area contributed by atoms with E-state index in [4.69, 9.17) is 0 Å². The van der Waals surface area contributed by atoms with Gasteiger partial charge in [-0.15, -0.1) is 0 Å². The van der Waals surface area contributed by atoms with Crippen LogP contribution in [0.2, 0.25) is 0 Å². The zero-order valence-electron chi connectivity index (χ0n) is 18.8. The van der Waals surface area contributed by atoms with Gasteiger partial charge in [-0.2, -0.15) is 0 Å². The predicted octanol–water partition coefficient (Wildman–Crippen LogP) is 4.65. The fourth-order valence-electron chi connectivity index (χ4n) is 4.52. The van der Waals surface area contributed by atoms with Crippen LogP contribution in [0.25, 0.3) is 11.3 Å². The number of aromatic nitrogens is 2. The van der Waals surface area contributed by atoms with E-state index < -0.39 is 6.09 Å². The Kier molecular flexibility index (Phi) is 7.07. The fraction of sp³-hybridized carbons (Fsp3) is 0.346. The van der Waals surface area contributed by atoms with Crippen LogP contribution in [0, 0.1) is 5.92 Å². The minimum Gasteiger partial charge on any atom is -0.465 e. The highest BCUT2D eigenvalue weighted by Gasteiger charge is 2.31. The second-order valence-corrected chi connectivity index (χ2v) is 8.70. The number of benzene rings is 2. The average molecular weight is 447 g/mol. The number of nitrogens with zero attached hydrogens (tertiary/aromatic N) is 2. The molecule has 4 rings (SSSR count). The van der Waals surface area contributed by atoms with Gasteiger partial charge in [0.15, 0.2) is 0 Å². The Morgan fingerprint density at radius 3 is 2.33 bits per heavy atom. The van der Waals surface area contributed by atoms with Crippen LogP contribution in [-0.4, -0.2) is 45.1 Å². The Labute approximate surface area is 193 Å². The van der Waals surface area contributed by atoms with Crippen molar-refractivity contribution in [3.05, 3.63) is 78.2 Å². The van der Waals surface area contributed by atoms with Crippen molar-refractivity contribution >= 4 is 12.0 Å². The predicted molar refractivity (Wildman–Crippen MR) is 127 cm³/mol. The molecule has 1 saturated carbocycles. The van der Waals surface area contributed by atoms with Gasteiger partial charge in [-0.3, -0.25) is 4.79 Å². The molecule has 0 bridgehead atoms. The number of carboxylic acid groups (broad SMARTS) is 1. The van der Waals surface area contributed by atoms with Crippen LogP contribution in [0.1, 0.15) is 43.1 Å². The molecule has 0 saturated heterocycles. The summed E-state index contributed by atoms with van der Waals surface area (Å²) in [7, 11) is 1.60. The highest BCUT2D eigenvalue weighted by molar-refractivity contribution is 5.79. The van der Waals surface area contributed by atoms with Crippen molar-refractivity contribution in [2.24, 2.45) is 5.92 Å². The van der Waals surface area contributed by atoms with E-state index in [2.05, 4.69) is 15.3 Å². The molecule has 2 aromatic carbocycles. The monoisotopic (exact) mass is 446 g/mol. The van der Waals surface area contributed by atoms with Gasteiger partial charge >= 0.3 is 6.09 Å². The lowest BCUT2D eigenvalue weighted by molar-refractivity contribution is -0.127. The molecule has 0 radical (unpaired) electrons. The Bertz CT molecular complexity index is 1060. The van der Waals surface area contributed by atoms with Crippen LogP contribution in [0.5, 0.6) is 0 Å². The molecular formula is C26H30N4O3. The Hall–Kier alpha value is -3.61. The van der Waals surface area contributed by atoms with Crippen molar-refractivity contribution < 1.29 is 14.7 Å². The third kappa shape index (κ3) is 5.61. The molecular weight excluding hydrogens is 416 g/mol. The average Bonchev–Trinajstić information content (AvgIpc) is 3.35. The van der Waals surface area contributed by atoms with E-state index in [9.17, 15) is 14.7 Å². The molecule has 3 aromatic rings. The zero-order chi connectivity index (χ0) is 23.2. The number of aromatic amines is 1. The standard InChI is InChI=1S/C26H30N4O3/c1-30(26(32)33)21-14-12-20(13-15-21)25(31)29-22(16-18-8-4-2-5-9-18)24-27-17-23(28-24)19-10-6-3-7-11-19/h2-11,17,20-22H,12-16H2,1H3,(H,27,28)(H,29,31)(H,32,33). The van der Waals surface area contributed by atoms with Gasteiger partial charge in [0.1, 0.15) is 5.82 Å². The molecule has 33 heavy (non-hydrogen) atoms. The summed E-state index contributed by atoms with van der Waals surface area (Å²) >= 11 is 0. The van der Waals surface area contributed by atoms with Gasteiger partial charge in [-0.05, 0) is 43.2 Å². The number of hydrogen-bond acceptors (Lipinski definition) is 3. The second-order valence-electron chi connectivity index (χ2n) is 8.70. The summed E-state index contributed by atoms with van der Waals surface area (Å²) in [5.74, 6) is 0.612. The van der Waals surface area contributed by atoms with Gasteiger partial charge in [0.05, 0.1) is 17.9 Å². The van der Waals surface area contributed by atoms with E-state index >= 15 is 0 Å². The van der Waals surface area contributed by atoms with Gasteiger partial charge in [0.25, 0.3) is 0 Å². The second kappa shape index (κ2) is 10.3. The van der Waals surface area contributed by atoms with Crippen molar-refractivity contribution in [1.29, 1.82) is 0 Å². The summed E-state index contributed by atoms with van der Waals surface area (Å²) in [4.78, 5) is 33.8. The lowest BCUT2D eigenvalue weighted by Crippen LogP contribution is -2.42. The van der Waals surface area contributed by atoms with Crippen molar-refractivity contribution in [2.45, 2.75) is 44.2 Å². The maximum atomic E-state index is 13.2. The quantitative estimate of drug-likeness (QED) is 0.492. The maximum absolute atomic E-state index is 13.2. The van der Waals surface area contributed by atoms with Crippen LogP contribution >= 0.6 is 0 Å². The zero-order valence-corrected chi connectivity index (χ0v) is 18.8. The highest BCUT2D eigenvalue weighted by Crippen LogP contribution is 2.29. The summed E-state index contributed by atoms with van der Waals surface area (Å²) in [5, 5.41) is 12.4. The molecule has 1 aromatic heterocycles. The molecule has 7 heteroatoms. The largest absolute Gasteiger partial charge is 0.465 e. The summed E-state index contributed by atoms with van der Waals surface area (Å²) in [6.45, 7) is 0. The van der Waals surface area contributed by atoms with Gasteiger partial charge in [-0.1, -0.05) is 60.7 Å². The summed E-state index contributed by atoms with van der Waals surface area (Å²) in [5.41, 5.74) is 3.07. The van der Waals surface area contributed by atoms with E-state index in [1.807, 2.05) is 66.9 Å². The van der Waals surface area contributed by atoms with Crippen LogP contribution in [0.4, 0.5) is 4.79 Å². The van der Waals surface area contributed by atoms with Crippen LogP contribution in [0.15, 0.2) is 66.9 Å². The molecule has 1 aliphatic carbocycles. The van der Waals surface area contributed by atoms with Gasteiger partial charge in [-0.25, -0.2) is 9.78 Å². The molecule has 7 nitrogen and oxygen atoms in total. The van der Waals surface area contributed by atoms with E-state index in [1.54, 1.807) is 7.05 Å². The first-order valence-corrected chi connectivity index (χ1v) is 11.4. The van der Waals surface area contributed by atoms with Crippen LogP contribution in [-0.2, 0) is 11.2 Å². The number of hydrogen-bond donors (Lipinski definition) is 3. The number of imidazole rings is 1. The molecule has 1 fully saturated rings. The summed E-state index contributed by atoms with van der Waals surface area (Å²) in [6, 6.07) is 19.7. The van der Waals surface area contributed by atoms with Crippen molar-refractivity contribution in [1.82, 2.24) is 20.2 Å². The molecule has 3 N–H and O–H groups in total. The fourth-order valence-corrected chi connectivity index (χ4v) is 4.52. The SMILES string of the molecule is CN(C(=O)O)C1CCC(C(=O)NC(Cc2ccccc2)c2ncc(-c3ccccc3)[nH]2)CC1. The molecule has 0 aliphatic heterocycles. The summed E-state index contributed by atoms with van der Waals surface area (Å²) < 4.78 is 0. The van der Waals surface area contributed by atoms with E-state index in [0.29, 0.717) is 32.1 Å². The number of H-pyrrole nitrogens is 1. The highest BCUT2D eigenvalue weighted by atomic mass is 16.4. The number of nitrogens with one attached hydrogen (secondary N) is 2. The molecule has 1 heterocycles. The lowest BCUT2D eigenvalue weighted by Gasteiger charge is -2.33. The number of rotatable bonds is 7. The third-order valence-corrected chi connectivity index (χ3v) is 6.53. The lowest BCUT2D eigenvalue weighted by atomic mass is 9.84. The normalized spacial score (nSPS) is 18.9. The smallest absolute Gasteiger partial charge is 0.407 e. The van der Waals surface area contributed by atoms with Crippen LogP contribution in [0.3, 0.4) is 0 Å². The van der Waals surface area contributed by atoms with E-state index in [1.165, 1.54) is 4.90 Å². The van der Waals surface area contributed by atoms with E-state index in [0.717, 1.165) is 22.6 Å². The molecule has 2 amide bonds. The number of carbonyl (C=O) groups excluding carboxylic acids is 1. The number of carbonyl (C=O) groups is 2.